The average Bonchev–Trinajstić information content (AvgIpc) is 3.26. The normalized spacial score (nSPS) is 11.4. The van der Waals surface area contributed by atoms with E-state index in [0.717, 1.165) is 16.8 Å². The predicted molar refractivity (Wildman–Crippen MR) is 136 cm³/mol. The highest BCUT2D eigenvalue weighted by atomic mass is 35.5. The number of amides is 1. The molecule has 0 bridgehead atoms. The van der Waals surface area contributed by atoms with E-state index in [9.17, 15) is 9.90 Å². The number of aromatic hydroxyl groups is 1. The molecule has 2 N–H and O–H groups in total. The van der Waals surface area contributed by atoms with Gasteiger partial charge in [0.05, 0.1) is 11.5 Å². The first kappa shape index (κ1) is 23.8. The van der Waals surface area contributed by atoms with Crippen LogP contribution in [0.25, 0.3) is 17.1 Å². The number of nitrogens with one attached hydrogen (secondary N) is 1. The van der Waals surface area contributed by atoms with Gasteiger partial charge in [-0.1, -0.05) is 35.0 Å². The quantitative estimate of drug-likeness (QED) is 0.192. The maximum Gasteiger partial charge on any atom is 0.250 e. The Labute approximate surface area is 210 Å². The van der Waals surface area contributed by atoms with Crippen LogP contribution in [0.1, 0.15) is 12.5 Å². The van der Waals surface area contributed by atoms with Crippen LogP contribution < -0.4 is 5.43 Å². The minimum absolute atomic E-state index is 0.0820. The molecule has 0 unspecified atom stereocenters. The fraction of sp³-hybridized carbons (Fsp3) is 0.0833. The third-order valence-corrected chi connectivity index (χ3v) is 6.22. The Bertz CT molecular complexity index is 1320. The van der Waals surface area contributed by atoms with Gasteiger partial charge in [-0.3, -0.25) is 9.36 Å². The van der Waals surface area contributed by atoms with Crippen molar-refractivity contribution in [3.63, 3.8) is 0 Å². The number of thioether (sulfide) groups is 1. The molecule has 10 heteroatoms. The molecule has 7 nitrogen and oxygen atoms in total. The predicted octanol–water partition coefficient (Wildman–Crippen LogP) is 5.58. The summed E-state index contributed by atoms with van der Waals surface area (Å²) < 4.78 is 1.86. The van der Waals surface area contributed by atoms with Crippen molar-refractivity contribution >= 4 is 46.6 Å². The van der Waals surface area contributed by atoms with E-state index in [1.54, 1.807) is 55.5 Å². The molecule has 0 saturated heterocycles. The third-order valence-electron chi connectivity index (χ3n) is 4.79. The lowest BCUT2D eigenvalue weighted by atomic mass is 10.1. The number of carbonyl (C=O) groups excluding carboxylic acids is 1. The van der Waals surface area contributed by atoms with Crippen LogP contribution >= 0.6 is 35.0 Å². The van der Waals surface area contributed by atoms with E-state index in [0.29, 0.717) is 26.7 Å². The molecular formula is C24H19Cl2N5O2S. The molecule has 34 heavy (non-hydrogen) atoms. The fourth-order valence-corrected chi connectivity index (χ4v) is 4.04. The van der Waals surface area contributed by atoms with Crippen LogP contribution in [0, 0.1) is 0 Å². The summed E-state index contributed by atoms with van der Waals surface area (Å²) in [5, 5.41) is 24.0. The van der Waals surface area contributed by atoms with Gasteiger partial charge in [0, 0.05) is 21.3 Å². The third kappa shape index (κ3) is 5.77. The Morgan fingerprint density at radius 3 is 2.24 bits per heavy atom. The number of rotatable bonds is 7. The Morgan fingerprint density at radius 1 is 0.971 bits per heavy atom. The van der Waals surface area contributed by atoms with Crippen molar-refractivity contribution in [1.29, 1.82) is 0 Å². The fourth-order valence-electron chi connectivity index (χ4n) is 3.05. The summed E-state index contributed by atoms with van der Waals surface area (Å²) in [6.45, 7) is 1.77. The van der Waals surface area contributed by atoms with Crippen LogP contribution in [0.15, 0.2) is 83.1 Å². The van der Waals surface area contributed by atoms with Crippen molar-refractivity contribution in [2.75, 3.05) is 5.75 Å². The highest BCUT2D eigenvalue weighted by Gasteiger charge is 2.17. The average molecular weight is 512 g/mol. The number of hydrazone groups is 1. The first-order chi connectivity index (χ1) is 16.4. The number of hydrogen-bond acceptors (Lipinski definition) is 6. The molecule has 0 saturated carbocycles. The van der Waals surface area contributed by atoms with Crippen LogP contribution in [0.5, 0.6) is 5.75 Å². The molecular weight excluding hydrogens is 493 g/mol. The van der Waals surface area contributed by atoms with Gasteiger partial charge >= 0.3 is 0 Å². The lowest BCUT2D eigenvalue weighted by Gasteiger charge is -2.10. The highest BCUT2D eigenvalue weighted by Crippen LogP contribution is 2.29. The Hall–Kier alpha value is -3.33. The molecule has 4 rings (SSSR count). The van der Waals surface area contributed by atoms with Crippen LogP contribution in [0.2, 0.25) is 10.0 Å². The van der Waals surface area contributed by atoms with Gasteiger partial charge in [-0.05, 0) is 85.3 Å². The summed E-state index contributed by atoms with van der Waals surface area (Å²) in [6.07, 6.45) is 0. The summed E-state index contributed by atoms with van der Waals surface area (Å²) in [7, 11) is 0. The number of carbonyl (C=O) groups is 1. The topological polar surface area (TPSA) is 92.4 Å². The van der Waals surface area contributed by atoms with Gasteiger partial charge in [0.25, 0.3) is 5.91 Å². The van der Waals surface area contributed by atoms with E-state index in [-0.39, 0.29) is 17.4 Å². The smallest absolute Gasteiger partial charge is 0.250 e. The summed E-state index contributed by atoms with van der Waals surface area (Å²) in [6, 6.07) is 21.2. The van der Waals surface area contributed by atoms with Crippen LogP contribution in [-0.4, -0.2) is 37.2 Å². The van der Waals surface area contributed by atoms with Crippen LogP contribution in [0.4, 0.5) is 0 Å². The van der Waals surface area contributed by atoms with E-state index >= 15 is 0 Å². The molecule has 0 atom stereocenters. The molecule has 172 valence electrons. The standard InChI is InChI=1S/C24H19Cl2N5O2S/c1-15(16-4-12-21(32)13-5-16)27-28-22(33)14-34-24-30-29-23(17-2-6-18(25)7-3-17)31(24)20-10-8-19(26)9-11-20/h2-13,32H,14H2,1H3,(H,28,33). The number of benzene rings is 3. The van der Waals surface area contributed by atoms with E-state index < -0.39 is 0 Å². The molecule has 1 heterocycles. The summed E-state index contributed by atoms with van der Waals surface area (Å²) >= 11 is 13.3. The second-order valence-corrected chi connectivity index (χ2v) is 9.01. The number of halogens is 2. The minimum atomic E-state index is -0.290. The van der Waals surface area contributed by atoms with E-state index in [1.165, 1.54) is 11.8 Å². The van der Waals surface area contributed by atoms with Crippen LogP contribution in [-0.2, 0) is 4.79 Å². The van der Waals surface area contributed by atoms with Crippen molar-refractivity contribution in [3.8, 4) is 22.8 Å². The van der Waals surface area contributed by atoms with Gasteiger partial charge in [-0.15, -0.1) is 10.2 Å². The SMILES string of the molecule is CC(=NNC(=O)CSc1nnc(-c2ccc(Cl)cc2)n1-c1ccc(Cl)cc1)c1ccc(O)cc1. The largest absolute Gasteiger partial charge is 0.508 e. The van der Waals surface area contributed by atoms with Gasteiger partial charge < -0.3 is 5.11 Å². The Kier molecular flexibility index (Phi) is 7.52. The zero-order valence-electron chi connectivity index (χ0n) is 17.9. The molecule has 0 aliphatic carbocycles. The lowest BCUT2D eigenvalue weighted by molar-refractivity contribution is -0.118. The first-order valence-corrected chi connectivity index (χ1v) is 11.9. The number of phenolic OH excluding ortho intramolecular Hbond substituents is 1. The molecule has 1 amide bonds. The van der Waals surface area contributed by atoms with Crippen molar-refractivity contribution in [2.45, 2.75) is 12.1 Å². The van der Waals surface area contributed by atoms with Crippen molar-refractivity contribution < 1.29 is 9.90 Å². The second kappa shape index (κ2) is 10.7. The molecule has 4 aromatic rings. The molecule has 0 aliphatic rings. The van der Waals surface area contributed by atoms with Gasteiger partial charge in [0.1, 0.15) is 5.75 Å². The minimum Gasteiger partial charge on any atom is -0.508 e. The monoisotopic (exact) mass is 511 g/mol. The highest BCUT2D eigenvalue weighted by molar-refractivity contribution is 7.99. The lowest BCUT2D eigenvalue weighted by Crippen LogP contribution is -2.21. The molecule has 0 aliphatic heterocycles. The van der Waals surface area contributed by atoms with Crippen molar-refractivity contribution in [2.24, 2.45) is 5.10 Å². The van der Waals surface area contributed by atoms with E-state index in [2.05, 4.69) is 20.7 Å². The number of hydrogen-bond donors (Lipinski definition) is 2. The molecule has 3 aromatic carbocycles. The van der Waals surface area contributed by atoms with Crippen LogP contribution in [0.3, 0.4) is 0 Å². The Balaban J connectivity index is 1.52. The van der Waals surface area contributed by atoms with Crippen molar-refractivity contribution in [3.05, 3.63) is 88.4 Å². The van der Waals surface area contributed by atoms with Gasteiger partial charge in [-0.2, -0.15) is 5.10 Å². The first-order valence-electron chi connectivity index (χ1n) is 10.1. The van der Waals surface area contributed by atoms with Gasteiger partial charge in [-0.25, -0.2) is 5.43 Å². The number of nitrogens with zero attached hydrogens (tertiary/aromatic N) is 4. The second-order valence-electron chi connectivity index (χ2n) is 7.19. The zero-order chi connectivity index (χ0) is 24.1. The molecule has 1 aromatic heterocycles. The van der Waals surface area contributed by atoms with Gasteiger partial charge in [0.2, 0.25) is 0 Å². The molecule has 0 fully saturated rings. The molecule has 0 radical (unpaired) electrons. The number of aromatic nitrogens is 3. The Morgan fingerprint density at radius 2 is 1.59 bits per heavy atom. The molecule has 0 spiro atoms. The summed E-state index contributed by atoms with van der Waals surface area (Å²) in [5.41, 5.74) is 5.60. The van der Waals surface area contributed by atoms with E-state index in [1.807, 2.05) is 28.8 Å². The summed E-state index contributed by atoms with van der Waals surface area (Å²) in [4.78, 5) is 12.4. The van der Waals surface area contributed by atoms with Gasteiger partial charge in [0.15, 0.2) is 11.0 Å². The number of phenols is 1. The van der Waals surface area contributed by atoms with E-state index in [4.69, 9.17) is 23.2 Å². The maximum atomic E-state index is 12.4. The zero-order valence-corrected chi connectivity index (χ0v) is 20.3. The maximum absolute atomic E-state index is 12.4. The summed E-state index contributed by atoms with van der Waals surface area (Å²) in [5.74, 6) is 0.572. The van der Waals surface area contributed by atoms with Crippen molar-refractivity contribution in [1.82, 2.24) is 20.2 Å².